The Morgan fingerprint density at radius 3 is 2.79 bits per heavy atom. The van der Waals surface area contributed by atoms with Crippen LogP contribution in [0.5, 0.6) is 0 Å². The van der Waals surface area contributed by atoms with Gasteiger partial charge in [-0.1, -0.05) is 22.9 Å². The molecule has 1 aliphatic rings. The lowest BCUT2D eigenvalue weighted by Gasteiger charge is -2.23. The molecule has 1 atom stereocenters. The number of anilines is 1. The highest BCUT2D eigenvalue weighted by atomic mass is 79.9. The number of halogens is 1. The van der Waals surface area contributed by atoms with Crippen LogP contribution in [-0.2, 0) is 4.74 Å². The highest BCUT2D eigenvalue weighted by Crippen LogP contribution is 2.15. The molecule has 0 spiro atoms. The van der Waals surface area contributed by atoms with E-state index < -0.39 is 0 Å². The Morgan fingerprint density at radius 2 is 2.16 bits per heavy atom. The van der Waals surface area contributed by atoms with Crippen LogP contribution in [0.1, 0.15) is 19.8 Å². The van der Waals surface area contributed by atoms with Gasteiger partial charge in [-0.25, -0.2) is 0 Å². The first-order valence-corrected chi connectivity index (χ1v) is 7.90. The van der Waals surface area contributed by atoms with E-state index >= 15 is 0 Å². The minimum absolute atomic E-state index is 0.452. The zero-order valence-electron chi connectivity index (χ0n) is 11.6. The highest BCUT2D eigenvalue weighted by Gasteiger charge is 2.17. The van der Waals surface area contributed by atoms with Crippen molar-refractivity contribution in [2.75, 3.05) is 38.1 Å². The first-order valence-electron chi connectivity index (χ1n) is 7.11. The lowest BCUT2D eigenvalue weighted by Crippen LogP contribution is -2.35. The second kappa shape index (κ2) is 7.88. The van der Waals surface area contributed by atoms with Crippen LogP contribution >= 0.6 is 15.9 Å². The van der Waals surface area contributed by atoms with E-state index in [0.29, 0.717) is 6.10 Å². The zero-order chi connectivity index (χ0) is 13.5. The fourth-order valence-electron chi connectivity index (χ4n) is 2.38. The molecule has 1 aliphatic heterocycles. The maximum atomic E-state index is 5.70. The van der Waals surface area contributed by atoms with Gasteiger partial charge in [0.05, 0.1) is 6.10 Å². The van der Waals surface area contributed by atoms with Crippen molar-refractivity contribution in [3.63, 3.8) is 0 Å². The Morgan fingerprint density at radius 1 is 1.37 bits per heavy atom. The second-order valence-corrected chi connectivity index (χ2v) is 5.88. The number of likely N-dealkylation sites (N-methyl/N-ethyl adjacent to an activating group) is 1. The van der Waals surface area contributed by atoms with Crippen LogP contribution in [0.25, 0.3) is 0 Å². The van der Waals surface area contributed by atoms with Gasteiger partial charge in [-0.3, -0.25) is 4.90 Å². The Labute approximate surface area is 124 Å². The minimum atomic E-state index is 0.452. The first-order chi connectivity index (χ1) is 9.28. The normalized spacial score (nSPS) is 19.0. The molecule has 0 saturated carbocycles. The summed E-state index contributed by atoms with van der Waals surface area (Å²) < 4.78 is 6.81. The predicted octanol–water partition coefficient (Wildman–Crippen LogP) is 3.36. The molecule has 2 rings (SSSR count). The third-order valence-electron chi connectivity index (χ3n) is 3.53. The molecule has 1 N–H and O–H groups in total. The summed E-state index contributed by atoms with van der Waals surface area (Å²) in [5.41, 5.74) is 1.18. The molecule has 3 nitrogen and oxygen atoms in total. The van der Waals surface area contributed by atoms with Crippen molar-refractivity contribution >= 4 is 21.6 Å². The number of hydrogen-bond donors (Lipinski definition) is 1. The molecule has 0 amide bonds. The molecule has 1 heterocycles. The van der Waals surface area contributed by atoms with Gasteiger partial charge in [0.25, 0.3) is 0 Å². The molecule has 1 aromatic carbocycles. The van der Waals surface area contributed by atoms with Crippen molar-refractivity contribution in [1.29, 1.82) is 0 Å². The van der Waals surface area contributed by atoms with Crippen LogP contribution in [0.2, 0.25) is 0 Å². The van der Waals surface area contributed by atoms with Crippen molar-refractivity contribution in [1.82, 2.24) is 4.90 Å². The summed E-state index contributed by atoms with van der Waals surface area (Å²) in [5.74, 6) is 0. The molecule has 0 aromatic heterocycles. The summed E-state index contributed by atoms with van der Waals surface area (Å²) in [7, 11) is 0. The van der Waals surface area contributed by atoms with Crippen LogP contribution in [0.15, 0.2) is 28.7 Å². The van der Waals surface area contributed by atoms with Crippen molar-refractivity contribution in [3.05, 3.63) is 28.7 Å². The topological polar surface area (TPSA) is 24.5 Å². The SMILES string of the molecule is CCN(CCNc1ccc(Br)cc1)CC1CCCO1. The van der Waals surface area contributed by atoms with E-state index in [9.17, 15) is 0 Å². The van der Waals surface area contributed by atoms with Crippen molar-refractivity contribution < 1.29 is 4.74 Å². The standard InChI is InChI=1S/C15H23BrN2O/c1-2-18(12-15-4-3-11-19-15)10-9-17-14-7-5-13(16)6-8-14/h5-8,15,17H,2-4,9-12H2,1H3. The van der Waals surface area contributed by atoms with Crippen LogP contribution < -0.4 is 5.32 Å². The van der Waals surface area contributed by atoms with E-state index in [0.717, 1.165) is 37.3 Å². The summed E-state index contributed by atoms with van der Waals surface area (Å²) in [6, 6.07) is 8.32. The molecule has 1 fully saturated rings. The molecule has 0 radical (unpaired) electrons. The number of hydrogen-bond acceptors (Lipinski definition) is 3. The van der Waals surface area contributed by atoms with Gasteiger partial charge in [-0.2, -0.15) is 0 Å². The number of benzene rings is 1. The Hall–Kier alpha value is -0.580. The zero-order valence-corrected chi connectivity index (χ0v) is 13.2. The summed E-state index contributed by atoms with van der Waals surface area (Å²) in [4.78, 5) is 2.46. The fourth-order valence-corrected chi connectivity index (χ4v) is 2.65. The van der Waals surface area contributed by atoms with Crippen molar-refractivity contribution in [2.24, 2.45) is 0 Å². The molecule has 106 valence electrons. The van der Waals surface area contributed by atoms with E-state index in [2.05, 4.69) is 57.3 Å². The molecule has 0 bridgehead atoms. The second-order valence-electron chi connectivity index (χ2n) is 4.96. The number of ether oxygens (including phenoxy) is 1. The Kier molecular flexibility index (Phi) is 6.14. The van der Waals surface area contributed by atoms with Gasteiger partial charge in [0.2, 0.25) is 0 Å². The predicted molar refractivity (Wildman–Crippen MR) is 83.7 cm³/mol. The van der Waals surface area contributed by atoms with Crippen LogP contribution in [0.3, 0.4) is 0 Å². The minimum Gasteiger partial charge on any atom is -0.384 e. The molecule has 19 heavy (non-hydrogen) atoms. The molecular formula is C15H23BrN2O. The molecule has 0 aliphatic carbocycles. The van der Waals surface area contributed by atoms with Gasteiger partial charge in [0, 0.05) is 36.4 Å². The van der Waals surface area contributed by atoms with E-state index in [1.165, 1.54) is 18.5 Å². The van der Waals surface area contributed by atoms with Crippen LogP contribution in [0.4, 0.5) is 5.69 Å². The van der Waals surface area contributed by atoms with Crippen LogP contribution in [-0.4, -0.2) is 43.8 Å². The van der Waals surface area contributed by atoms with Crippen molar-refractivity contribution in [3.8, 4) is 0 Å². The molecular weight excluding hydrogens is 304 g/mol. The number of nitrogens with zero attached hydrogens (tertiary/aromatic N) is 1. The first kappa shape index (κ1) is 14.8. The summed E-state index contributed by atoms with van der Waals surface area (Å²) in [5, 5.41) is 3.46. The van der Waals surface area contributed by atoms with Gasteiger partial charge in [0.1, 0.15) is 0 Å². The third-order valence-corrected chi connectivity index (χ3v) is 4.06. The van der Waals surface area contributed by atoms with Gasteiger partial charge < -0.3 is 10.1 Å². The Balaban J connectivity index is 1.69. The lowest BCUT2D eigenvalue weighted by molar-refractivity contribution is 0.0761. The summed E-state index contributed by atoms with van der Waals surface area (Å²) in [6.45, 7) is 7.35. The smallest absolute Gasteiger partial charge is 0.0702 e. The third kappa shape index (κ3) is 5.13. The van der Waals surface area contributed by atoms with Gasteiger partial charge in [0.15, 0.2) is 0 Å². The fraction of sp³-hybridized carbons (Fsp3) is 0.600. The average Bonchev–Trinajstić information content (AvgIpc) is 2.93. The molecule has 1 unspecified atom stereocenters. The maximum Gasteiger partial charge on any atom is 0.0702 e. The van der Waals surface area contributed by atoms with Crippen molar-refractivity contribution in [2.45, 2.75) is 25.9 Å². The number of nitrogens with one attached hydrogen (secondary N) is 1. The molecule has 1 saturated heterocycles. The Bertz CT molecular complexity index is 363. The number of rotatable bonds is 7. The van der Waals surface area contributed by atoms with Crippen LogP contribution in [0, 0.1) is 0 Å². The monoisotopic (exact) mass is 326 g/mol. The quantitative estimate of drug-likeness (QED) is 0.831. The van der Waals surface area contributed by atoms with E-state index in [1.807, 2.05) is 0 Å². The van der Waals surface area contributed by atoms with E-state index in [-0.39, 0.29) is 0 Å². The van der Waals surface area contributed by atoms with Gasteiger partial charge in [-0.15, -0.1) is 0 Å². The molecule has 1 aromatic rings. The average molecular weight is 327 g/mol. The molecule has 4 heteroatoms. The van der Waals surface area contributed by atoms with E-state index in [1.54, 1.807) is 0 Å². The van der Waals surface area contributed by atoms with Gasteiger partial charge >= 0.3 is 0 Å². The largest absolute Gasteiger partial charge is 0.384 e. The van der Waals surface area contributed by atoms with Gasteiger partial charge in [-0.05, 0) is 43.7 Å². The maximum absolute atomic E-state index is 5.70. The summed E-state index contributed by atoms with van der Waals surface area (Å²) in [6.07, 6.45) is 2.89. The van der Waals surface area contributed by atoms with E-state index in [4.69, 9.17) is 4.74 Å². The summed E-state index contributed by atoms with van der Waals surface area (Å²) >= 11 is 3.45. The lowest BCUT2D eigenvalue weighted by atomic mass is 10.2. The highest BCUT2D eigenvalue weighted by molar-refractivity contribution is 9.10.